The van der Waals surface area contributed by atoms with Crippen LogP contribution in [-0.2, 0) is 22.6 Å². The molecule has 1 saturated carbocycles. The zero-order valence-electron chi connectivity index (χ0n) is 13.5. The van der Waals surface area contributed by atoms with Crippen LogP contribution in [0.4, 0.5) is 0 Å². The number of benzene rings is 1. The summed E-state index contributed by atoms with van der Waals surface area (Å²) in [5, 5.41) is 5.56. The molecule has 22 heavy (non-hydrogen) atoms. The molecule has 1 aliphatic rings. The van der Waals surface area contributed by atoms with Gasteiger partial charge in [-0.1, -0.05) is 51.0 Å². The van der Waals surface area contributed by atoms with Crippen LogP contribution < -0.4 is 10.6 Å². The van der Waals surface area contributed by atoms with E-state index in [1.165, 1.54) is 12.0 Å². The molecule has 1 aromatic carbocycles. The minimum atomic E-state index is -0.544. The Morgan fingerprint density at radius 2 is 1.68 bits per heavy atom. The van der Waals surface area contributed by atoms with Gasteiger partial charge in [-0.05, 0) is 36.3 Å². The number of amides is 2. The first-order chi connectivity index (χ1) is 10.6. The van der Waals surface area contributed by atoms with Crippen LogP contribution in [0.5, 0.6) is 0 Å². The van der Waals surface area contributed by atoms with E-state index in [-0.39, 0.29) is 6.04 Å². The lowest BCUT2D eigenvalue weighted by atomic mass is 9.86. The summed E-state index contributed by atoms with van der Waals surface area (Å²) >= 11 is 0. The predicted octanol–water partition coefficient (Wildman–Crippen LogP) is 2.56. The van der Waals surface area contributed by atoms with Crippen LogP contribution in [0.1, 0.15) is 50.7 Å². The summed E-state index contributed by atoms with van der Waals surface area (Å²) in [7, 11) is 0. The summed E-state index contributed by atoms with van der Waals surface area (Å²) in [6, 6.07) is 8.20. The van der Waals surface area contributed by atoms with Gasteiger partial charge < -0.3 is 10.6 Å². The number of carbonyl (C=O) groups excluding carboxylic acids is 2. The molecule has 4 nitrogen and oxygen atoms in total. The summed E-state index contributed by atoms with van der Waals surface area (Å²) in [4.78, 5) is 23.9. The molecule has 0 aliphatic heterocycles. The van der Waals surface area contributed by atoms with Gasteiger partial charge in [0, 0.05) is 12.6 Å². The molecule has 0 spiro atoms. The second kappa shape index (κ2) is 7.97. The molecule has 2 amide bonds. The first kappa shape index (κ1) is 16.5. The van der Waals surface area contributed by atoms with Crippen molar-refractivity contribution in [1.82, 2.24) is 10.6 Å². The number of rotatable bonds is 4. The maximum absolute atomic E-state index is 12.0. The lowest BCUT2D eigenvalue weighted by molar-refractivity contribution is -0.140. The number of hydrogen-bond acceptors (Lipinski definition) is 2. The maximum Gasteiger partial charge on any atom is 0.309 e. The van der Waals surface area contributed by atoms with Crippen LogP contribution >= 0.6 is 0 Å². The van der Waals surface area contributed by atoms with Gasteiger partial charge in [-0.3, -0.25) is 9.59 Å². The fraction of sp³-hybridized carbons (Fsp3) is 0.556. The van der Waals surface area contributed by atoms with Gasteiger partial charge in [0.05, 0.1) is 0 Å². The van der Waals surface area contributed by atoms with Crippen molar-refractivity contribution < 1.29 is 9.59 Å². The van der Waals surface area contributed by atoms with Crippen LogP contribution in [0.25, 0.3) is 0 Å². The van der Waals surface area contributed by atoms with Crippen molar-refractivity contribution in [1.29, 1.82) is 0 Å². The SMILES string of the molecule is CCc1ccc(CNC(=O)C(=O)N[C@@H]2CCCC[C@H]2C)cc1. The molecule has 0 radical (unpaired) electrons. The summed E-state index contributed by atoms with van der Waals surface area (Å²) in [6.45, 7) is 4.63. The highest BCUT2D eigenvalue weighted by atomic mass is 16.2. The van der Waals surface area contributed by atoms with E-state index in [0.29, 0.717) is 12.5 Å². The van der Waals surface area contributed by atoms with Crippen molar-refractivity contribution in [3.05, 3.63) is 35.4 Å². The molecule has 0 unspecified atom stereocenters. The van der Waals surface area contributed by atoms with Crippen LogP contribution in [0.15, 0.2) is 24.3 Å². The molecule has 2 N–H and O–H groups in total. The third-order valence-electron chi connectivity index (χ3n) is 4.52. The summed E-state index contributed by atoms with van der Waals surface area (Å²) < 4.78 is 0. The van der Waals surface area contributed by atoms with Crippen molar-refractivity contribution in [3.8, 4) is 0 Å². The van der Waals surface area contributed by atoms with E-state index in [1.54, 1.807) is 0 Å². The maximum atomic E-state index is 12.0. The Kier molecular flexibility index (Phi) is 5.99. The van der Waals surface area contributed by atoms with Crippen molar-refractivity contribution >= 4 is 11.8 Å². The van der Waals surface area contributed by atoms with Crippen molar-refractivity contribution in [2.75, 3.05) is 0 Å². The highest BCUT2D eigenvalue weighted by molar-refractivity contribution is 6.35. The second-order valence-electron chi connectivity index (χ2n) is 6.19. The van der Waals surface area contributed by atoms with Gasteiger partial charge >= 0.3 is 11.8 Å². The van der Waals surface area contributed by atoms with Crippen LogP contribution in [0.3, 0.4) is 0 Å². The molecule has 0 heterocycles. The van der Waals surface area contributed by atoms with E-state index in [1.807, 2.05) is 24.3 Å². The summed E-state index contributed by atoms with van der Waals surface area (Å²) in [5.74, 6) is -0.603. The third kappa shape index (κ3) is 4.58. The van der Waals surface area contributed by atoms with Gasteiger partial charge in [0.25, 0.3) is 0 Å². The molecular weight excluding hydrogens is 276 g/mol. The minimum Gasteiger partial charge on any atom is -0.345 e. The molecule has 4 heteroatoms. The average molecular weight is 302 g/mol. The lowest BCUT2D eigenvalue weighted by Gasteiger charge is -2.29. The molecule has 0 saturated heterocycles. The zero-order chi connectivity index (χ0) is 15.9. The van der Waals surface area contributed by atoms with E-state index in [9.17, 15) is 9.59 Å². The Labute approximate surface area is 132 Å². The first-order valence-electron chi connectivity index (χ1n) is 8.26. The monoisotopic (exact) mass is 302 g/mol. The van der Waals surface area contributed by atoms with Gasteiger partial charge in [0.15, 0.2) is 0 Å². The number of nitrogens with one attached hydrogen (secondary N) is 2. The number of carbonyl (C=O) groups is 2. The Balaban J connectivity index is 1.79. The number of hydrogen-bond donors (Lipinski definition) is 2. The van der Waals surface area contributed by atoms with Crippen LogP contribution in [-0.4, -0.2) is 17.9 Å². The van der Waals surface area contributed by atoms with E-state index in [2.05, 4.69) is 24.5 Å². The zero-order valence-corrected chi connectivity index (χ0v) is 13.5. The Morgan fingerprint density at radius 1 is 1.05 bits per heavy atom. The van der Waals surface area contributed by atoms with E-state index in [0.717, 1.165) is 31.2 Å². The van der Waals surface area contributed by atoms with Crippen molar-refractivity contribution in [3.63, 3.8) is 0 Å². The van der Waals surface area contributed by atoms with Gasteiger partial charge in [-0.25, -0.2) is 0 Å². The largest absolute Gasteiger partial charge is 0.345 e. The lowest BCUT2D eigenvalue weighted by Crippen LogP contribution is -2.47. The average Bonchev–Trinajstić information content (AvgIpc) is 2.55. The van der Waals surface area contributed by atoms with Gasteiger partial charge in [0.1, 0.15) is 0 Å². The summed E-state index contributed by atoms with van der Waals surface area (Å²) in [6.07, 6.45) is 5.43. The van der Waals surface area contributed by atoms with Crippen LogP contribution in [0, 0.1) is 5.92 Å². The molecular formula is C18H26N2O2. The Morgan fingerprint density at radius 3 is 2.32 bits per heavy atom. The van der Waals surface area contributed by atoms with Crippen molar-refractivity contribution in [2.24, 2.45) is 5.92 Å². The number of aryl methyl sites for hydroxylation is 1. The smallest absolute Gasteiger partial charge is 0.309 e. The highest BCUT2D eigenvalue weighted by Gasteiger charge is 2.25. The van der Waals surface area contributed by atoms with Crippen LogP contribution in [0.2, 0.25) is 0 Å². The summed E-state index contributed by atoms with van der Waals surface area (Å²) in [5.41, 5.74) is 2.27. The molecule has 0 aromatic heterocycles. The van der Waals surface area contributed by atoms with Gasteiger partial charge in [0.2, 0.25) is 0 Å². The molecule has 2 rings (SSSR count). The molecule has 1 aliphatic carbocycles. The molecule has 120 valence electrons. The molecule has 1 aromatic rings. The molecule has 0 bridgehead atoms. The second-order valence-corrected chi connectivity index (χ2v) is 6.19. The fourth-order valence-corrected chi connectivity index (χ4v) is 2.92. The third-order valence-corrected chi connectivity index (χ3v) is 4.52. The van der Waals surface area contributed by atoms with E-state index < -0.39 is 11.8 Å². The van der Waals surface area contributed by atoms with Crippen molar-refractivity contribution in [2.45, 2.75) is 58.5 Å². The van der Waals surface area contributed by atoms with Gasteiger partial charge in [-0.2, -0.15) is 0 Å². The normalized spacial score (nSPS) is 21.2. The fourth-order valence-electron chi connectivity index (χ4n) is 2.92. The predicted molar refractivity (Wildman–Crippen MR) is 87.2 cm³/mol. The topological polar surface area (TPSA) is 58.2 Å². The molecule has 2 atom stereocenters. The standard InChI is InChI=1S/C18H26N2O2/c1-3-14-8-10-15(11-9-14)12-19-17(21)18(22)20-16-7-5-4-6-13(16)2/h8-11,13,16H,3-7,12H2,1-2H3,(H,19,21)(H,20,22)/t13-,16-/m1/s1. The minimum absolute atomic E-state index is 0.135. The quantitative estimate of drug-likeness (QED) is 0.840. The van der Waals surface area contributed by atoms with Gasteiger partial charge in [-0.15, -0.1) is 0 Å². The Hall–Kier alpha value is -1.84. The van der Waals surface area contributed by atoms with E-state index in [4.69, 9.17) is 0 Å². The molecule has 1 fully saturated rings. The Bertz CT molecular complexity index is 510. The first-order valence-corrected chi connectivity index (χ1v) is 8.26. The highest BCUT2D eigenvalue weighted by Crippen LogP contribution is 2.23. The van der Waals surface area contributed by atoms with E-state index >= 15 is 0 Å².